The Morgan fingerprint density at radius 2 is 1.90 bits per heavy atom. The fraction of sp³-hybridized carbons (Fsp3) is 0.412. The van der Waals surface area contributed by atoms with E-state index in [1.807, 2.05) is 0 Å². The average molecular weight is 285 g/mol. The molecule has 1 unspecified atom stereocenters. The second kappa shape index (κ2) is 6.68. The van der Waals surface area contributed by atoms with E-state index in [9.17, 15) is 4.79 Å². The van der Waals surface area contributed by atoms with E-state index in [1.165, 1.54) is 34.5 Å². The Balaban J connectivity index is 2.40. The van der Waals surface area contributed by atoms with Gasteiger partial charge in [-0.15, -0.1) is 0 Å². The minimum Gasteiger partial charge on any atom is -0.309 e. The fourth-order valence-corrected chi connectivity index (χ4v) is 2.96. The standard InChI is InChI=1S/C17H23N3O/c1-5-19-15(10-20-11-18-7-6-16(20)21)17-13(3)8-12(2)9-14(17)4/h6-9,11,15,19H,5,10H2,1-4H3. The first kappa shape index (κ1) is 15.4. The predicted molar refractivity (Wildman–Crippen MR) is 85.6 cm³/mol. The van der Waals surface area contributed by atoms with E-state index >= 15 is 0 Å². The van der Waals surface area contributed by atoms with Crippen molar-refractivity contribution in [3.8, 4) is 0 Å². The summed E-state index contributed by atoms with van der Waals surface area (Å²) < 4.78 is 1.66. The summed E-state index contributed by atoms with van der Waals surface area (Å²) in [6.45, 7) is 9.89. The van der Waals surface area contributed by atoms with Crippen molar-refractivity contribution in [3.63, 3.8) is 0 Å². The zero-order chi connectivity index (χ0) is 15.4. The highest BCUT2D eigenvalue weighted by Crippen LogP contribution is 2.24. The SMILES string of the molecule is CCNC(Cn1cnccc1=O)c1c(C)cc(C)cc1C. The molecule has 0 aliphatic carbocycles. The monoisotopic (exact) mass is 285 g/mol. The number of rotatable bonds is 5. The van der Waals surface area contributed by atoms with Gasteiger partial charge in [0.25, 0.3) is 5.56 Å². The molecule has 0 spiro atoms. The number of aromatic nitrogens is 2. The van der Waals surface area contributed by atoms with E-state index in [2.05, 4.69) is 50.1 Å². The maximum Gasteiger partial charge on any atom is 0.253 e. The van der Waals surface area contributed by atoms with Crippen LogP contribution in [0.1, 0.15) is 35.2 Å². The minimum absolute atomic E-state index is 0.0182. The molecule has 4 heteroatoms. The van der Waals surface area contributed by atoms with E-state index in [1.54, 1.807) is 10.9 Å². The molecule has 4 nitrogen and oxygen atoms in total. The summed E-state index contributed by atoms with van der Waals surface area (Å²) in [4.78, 5) is 16.0. The van der Waals surface area contributed by atoms with Crippen LogP contribution >= 0.6 is 0 Å². The van der Waals surface area contributed by atoms with Crippen LogP contribution in [0.5, 0.6) is 0 Å². The quantitative estimate of drug-likeness (QED) is 0.918. The summed E-state index contributed by atoms with van der Waals surface area (Å²) in [7, 11) is 0. The number of nitrogens with zero attached hydrogens (tertiary/aromatic N) is 2. The van der Waals surface area contributed by atoms with Gasteiger partial charge in [0.2, 0.25) is 0 Å². The Morgan fingerprint density at radius 1 is 1.24 bits per heavy atom. The molecule has 2 aromatic rings. The van der Waals surface area contributed by atoms with Gasteiger partial charge < -0.3 is 5.32 Å². The molecule has 112 valence electrons. The van der Waals surface area contributed by atoms with Crippen LogP contribution in [-0.4, -0.2) is 16.1 Å². The maximum atomic E-state index is 11.9. The second-order valence-electron chi connectivity index (χ2n) is 5.49. The second-order valence-corrected chi connectivity index (χ2v) is 5.49. The third-order valence-electron chi connectivity index (χ3n) is 3.71. The summed E-state index contributed by atoms with van der Waals surface area (Å²) in [5.74, 6) is 0. The number of likely N-dealkylation sites (N-methyl/N-ethyl adjacent to an activating group) is 1. The number of aryl methyl sites for hydroxylation is 3. The van der Waals surface area contributed by atoms with Crippen molar-refractivity contribution in [1.82, 2.24) is 14.9 Å². The fourth-order valence-electron chi connectivity index (χ4n) is 2.96. The maximum absolute atomic E-state index is 11.9. The number of hydrogen-bond acceptors (Lipinski definition) is 3. The Hall–Kier alpha value is -1.94. The van der Waals surface area contributed by atoms with Gasteiger partial charge in [0, 0.05) is 18.8 Å². The third-order valence-corrected chi connectivity index (χ3v) is 3.71. The molecule has 1 atom stereocenters. The number of benzene rings is 1. The average Bonchev–Trinajstić information content (AvgIpc) is 2.40. The summed E-state index contributed by atoms with van der Waals surface area (Å²) in [5, 5.41) is 3.49. The summed E-state index contributed by atoms with van der Waals surface area (Å²) in [6.07, 6.45) is 3.13. The zero-order valence-electron chi connectivity index (χ0n) is 13.2. The molecular formula is C17H23N3O. The zero-order valence-corrected chi connectivity index (χ0v) is 13.2. The van der Waals surface area contributed by atoms with Gasteiger partial charge in [-0.05, 0) is 44.0 Å². The van der Waals surface area contributed by atoms with E-state index < -0.39 is 0 Å². The van der Waals surface area contributed by atoms with Crippen molar-refractivity contribution in [2.24, 2.45) is 0 Å². The van der Waals surface area contributed by atoms with Crippen LogP contribution in [0.15, 0.2) is 35.5 Å². The highest BCUT2D eigenvalue weighted by atomic mass is 16.1. The molecule has 0 radical (unpaired) electrons. The molecule has 0 fully saturated rings. The molecule has 1 heterocycles. The van der Waals surface area contributed by atoms with Crippen LogP contribution in [-0.2, 0) is 6.54 Å². The van der Waals surface area contributed by atoms with Crippen LogP contribution in [0.4, 0.5) is 0 Å². The first-order valence-corrected chi connectivity index (χ1v) is 7.34. The predicted octanol–water partition coefficient (Wildman–Crippen LogP) is 2.52. The topological polar surface area (TPSA) is 46.9 Å². The highest BCUT2D eigenvalue weighted by molar-refractivity contribution is 5.39. The Labute approximate surface area is 125 Å². The van der Waals surface area contributed by atoms with Gasteiger partial charge in [0.05, 0.1) is 12.4 Å². The van der Waals surface area contributed by atoms with Crippen LogP contribution in [0, 0.1) is 20.8 Å². The molecule has 0 aliphatic heterocycles. The lowest BCUT2D eigenvalue weighted by molar-refractivity contribution is 0.460. The minimum atomic E-state index is -0.0182. The molecule has 0 amide bonds. The summed E-state index contributed by atoms with van der Waals surface area (Å²) >= 11 is 0. The van der Waals surface area contributed by atoms with Gasteiger partial charge in [0.1, 0.15) is 0 Å². The van der Waals surface area contributed by atoms with E-state index in [0.29, 0.717) is 6.54 Å². The molecular weight excluding hydrogens is 262 g/mol. The van der Waals surface area contributed by atoms with Gasteiger partial charge in [-0.25, -0.2) is 4.98 Å². The molecule has 0 bridgehead atoms. The molecule has 1 aromatic carbocycles. The number of hydrogen-bond donors (Lipinski definition) is 1. The van der Waals surface area contributed by atoms with E-state index in [0.717, 1.165) is 6.54 Å². The van der Waals surface area contributed by atoms with Crippen molar-refractivity contribution >= 4 is 0 Å². The van der Waals surface area contributed by atoms with Crippen LogP contribution in [0.2, 0.25) is 0 Å². The summed E-state index contributed by atoms with van der Waals surface area (Å²) in [6, 6.07) is 5.99. The third kappa shape index (κ3) is 3.58. The lowest BCUT2D eigenvalue weighted by Gasteiger charge is -2.23. The molecule has 0 saturated heterocycles. The van der Waals surface area contributed by atoms with Crippen molar-refractivity contribution in [1.29, 1.82) is 0 Å². The van der Waals surface area contributed by atoms with Crippen molar-refractivity contribution in [2.45, 2.75) is 40.3 Å². The largest absolute Gasteiger partial charge is 0.309 e. The van der Waals surface area contributed by atoms with Gasteiger partial charge in [0.15, 0.2) is 0 Å². The van der Waals surface area contributed by atoms with Crippen molar-refractivity contribution in [2.75, 3.05) is 6.54 Å². The normalized spacial score (nSPS) is 12.4. The lowest BCUT2D eigenvalue weighted by Crippen LogP contribution is -2.31. The Kier molecular flexibility index (Phi) is 4.91. The van der Waals surface area contributed by atoms with E-state index in [-0.39, 0.29) is 11.6 Å². The number of nitrogens with one attached hydrogen (secondary N) is 1. The van der Waals surface area contributed by atoms with Gasteiger partial charge in [-0.2, -0.15) is 0 Å². The molecule has 0 saturated carbocycles. The summed E-state index contributed by atoms with van der Waals surface area (Å²) in [5.41, 5.74) is 5.04. The van der Waals surface area contributed by atoms with Gasteiger partial charge in [-0.3, -0.25) is 9.36 Å². The van der Waals surface area contributed by atoms with Gasteiger partial charge >= 0.3 is 0 Å². The van der Waals surface area contributed by atoms with Crippen LogP contribution < -0.4 is 10.9 Å². The lowest BCUT2D eigenvalue weighted by atomic mass is 9.94. The molecule has 1 N–H and O–H groups in total. The Bertz CT molecular complexity index is 653. The molecule has 0 aliphatic rings. The van der Waals surface area contributed by atoms with Gasteiger partial charge in [-0.1, -0.05) is 24.6 Å². The van der Waals surface area contributed by atoms with Crippen LogP contribution in [0.3, 0.4) is 0 Å². The Morgan fingerprint density at radius 3 is 2.48 bits per heavy atom. The molecule has 2 rings (SSSR count). The molecule has 1 aromatic heterocycles. The first-order valence-electron chi connectivity index (χ1n) is 7.34. The first-order chi connectivity index (χ1) is 10.0. The highest BCUT2D eigenvalue weighted by Gasteiger charge is 2.16. The van der Waals surface area contributed by atoms with Crippen LogP contribution in [0.25, 0.3) is 0 Å². The molecule has 21 heavy (non-hydrogen) atoms. The van der Waals surface area contributed by atoms with E-state index in [4.69, 9.17) is 0 Å². The van der Waals surface area contributed by atoms with Crippen molar-refractivity contribution < 1.29 is 0 Å². The van der Waals surface area contributed by atoms with Crippen molar-refractivity contribution in [3.05, 3.63) is 63.3 Å². The smallest absolute Gasteiger partial charge is 0.253 e.